The van der Waals surface area contributed by atoms with E-state index < -0.39 is 5.76 Å². The minimum Gasteiger partial charge on any atom is -0.340 e. The lowest BCUT2D eigenvalue weighted by Gasteiger charge is -2.33. The fraction of sp³-hybridized carbons (Fsp3) is 0.441. The van der Waals surface area contributed by atoms with Crippen molar-refractivity contribution in [1.82, 2.24) is 24.6 Å². The first-order chi connectivity index (χ1) is 20.8. The largest absolute Gasteiger partial charge is 0.439 e. The second-order valence-electron chi connectivity index (χ2n) is 11.8. The number of hydrogen-bond donors (Lipinski definition) is 1. The fourth-order valence-corrected chi connectivity index (χ4v) is 5.97. The molecule has 9 nitrogen and oxygen atoms in total. The molecule has 1 saturated heterocycles. The highest BCUT2D eigenvalue weighted by molar-refractivity contribution is 5.80. The summed E-state index contributed by atoms with van der Waals surface area (Å²) in [6.07, 6.45) is 5.83. The van der Waals surface area contributed by atoms with E-state index in [9.17, 15) is 14.4 Å². The third-order valence-corrected chi connectivity index (χ3v) is 8.35. The molecule has 226 valence electrons. The van der Waals surface area contributed by atoms with Crippen molar-refractivity contribution >= 4 is 5.91 Å². The summed E-state index contributed by atoms with van der Waals surface area (Å²) >= 11 is 0. The molecule has 0 radical (unpaired) electrons. The number of carbonyl (C=O) groups is 1. The predicted molar refractivity (Wildman–Crippen MR) is 167 cm³/mol. The molecule has 1 atom stereocenters. The zero-order valence-corrected chi connectivity index (χ0v) is 25.6. The van der Waals surface area contributed by atoms with Crippen molar-refractivity contribution in [2.45, 2.75) is 91.1 Å². The minimum absolute atomic E-state index is 0.0114. The van der Waals surface area contributed by atoms with Crippen LogP contribution in [0.15, 0.2) is 62.6 Å². The van der Waals surface area contributed by atoms with Gasteiger partial charge in [0.15, 0.2) is 5.82 Å². The van der Waals surface area contributed by atoms with Crippen molar-refractivity contribution in [2.75, 3.05) is 6.54 Å². The van der Waals surface area contributed by atoms with Gasteiger partial charge in [-0.15, -0.1) is 0 Å². The number of nitrogens with one attached hydrogen (secondary N) is 1. The van der Waals surface area contributed by atoms with Crippen LogP contribution >= 0.6 is 0 Å². The van der Waals surface area contributed by atoms with Crippen LogP contribution in [0.2, 0.25) is 0 Å². The minimum atomic E-state index is -0.604. The van der Waals surface area contributed by atoms with Gasteiger partial charge in [0.2, 0.25) is 5.91 Å². The smallest absolute Gasteiger partial charge is 0.340 e. The van der Waals surface area contributed by atoms with Crippen LogP contribution in [0.4, 0.5) is 0 Å². The number of piperidine rings is 1. The van der Waals surface area contributed by atoms with E-state index >= 15 is 0 Å². The summed E-state index contributed by atoms with van der Waals surface area (Å²) in [6.45, 7) is 9.41. The van der Waals surface area contributed by atoms with Gasteiger partial charge in [0, 0.05) is 30.1 Å². The lowest BCUT2D eigenvalue weighted by Crippen LogP contribution is -2.44. The van der Waals surface area contributed by atoms with Crippen LogP contribution in [0.25, 0.3) is 22.5 Å². The summed E-state index contributed by atoms with van der Waals surface area (Å²) in [5.74, 6) is 0.574. The van der Waals surface area contributed by atoms with Gasteiger partial charge in [-0.1, -0.05) is 80.9 Å². The lowest BCUT2D eigenvalue weighted by atomic mass is 9.98. The summed E-state index contributed by atoms with van der Waals surface area (Å²) in [7, 11) is 0. The average Bonchev–Trinajstić information content (AvgIpc) is 3.45. The number of H-pyrrole nitrogens is 1. The summed E-state index contributed by atoms with van der Waals surface area (Å²) < 4.78 is 6.49. The summed E-state index contributed by atoms with van der Waals surface area (Å²) in [5.41, 5.74) is 4.69. The molecule has 1 aliphatic rings. The lowest BCUT2D eigenvalue weighted by molar-refractivity contribution is -0.133. The Morgan fingerprint density at radius 1 is 1.07 bits per heavy atom. The Labute approximate surface area is 252 Å². The Morgan fingerprint density at radius 3 is 2.47 bits per heavy atom. The Morgan fingerprint density at radius 2 is 1.81 bits per heavy atom. The van der Waals surface area contributed by atoms with E-state index in [2.05, 4.69) is 24.0 Å². The molecule has 0 spiro atoms. The Kier molecular flexibility index (Phi) is 9.38. The second kappa shape index (κ2) is 13.4. The Bertz CT molecular complexity index is 1680. The molecule has 0 bridgehead atoms. The molecule has 2 aromatic heterocycles. The number of hydrogen-bond acceptors (Lipinski definition) is 6. The molecular weight excluding hydrogens is 542 g/mol. The second-order valence-corrected chi connectivity index (χ2v) is 11.8. The van der Waals surface area contributed by atoms with E-state index in [1.165, 1.54) is 0 Å². The molecule has 0 aliphatic carbocycles. The van der Waals surface area contributed by atoms with Gasteiger partial charge in [-0.05, 0) is 55.2 Å². The molecule has 1 unspecified atom stereocenters. The molecule has 1 fully saturated rings. The fourth-order valence-electron chi connectivity index (χ4n) is 5.97. The molecule has 1 N–H and O–H groups in total. The number of likely N-dealkylation sites (tertiary alicyclic amines) is 1. The molecule has 3 heterocycles. The van der Waals surface area contributed by atoms with E-state index in [1.54, 1.807) is 4.57 Å². The summed E-state index contributed by atoms with van der Waals surface area (Å²) in [6, 6.07) is 15.9. The first-order valence-corrected chi connectivity index (χ1v) is 15.4. The number of unbranched alkanes of at least 4 members (excludes halogenated alkanes) is 1. The Hall–Kier alpha value is -4.27. The zero-order valence-electron chi connectivity index (χ0n) is 25.6. The molecule has 2 aromatic carbocycles. The van der Waals surface area contributed by atoms with Crippen LogP contribution in [-0.4, -0.2) is 43.1 Å². The van der Waals surface area contributed by atoms with Crippen molar-refractivity contribution in [1.29, 1.82) is 0 Å². The van der Waals surface area contributed by atoms with Crippen LogP contribution in [0, 0.1) is 0 Å². The summed E-state index contributed by atoms with van der Waals surface area (Å²) in [4.78, 5) is 48.8. The Balaban J connectivity index is 1.49. The monoisotopic (exact) mass is 583 g/mol. The van der Waals surface area contributed by atoms with Gasteiger partial charge in [-0.2, -0.15) is 0 Å². The molecule has 4 aromatic rings. The molecule has 1 amide bonds. The van der Waals surface area contributed by atoms with Crippen LogP contribution < -0.4 is 11.3 Å². The van der Waals surface area contributed by atoms with Gasteiger partial charge in [-0.3, -0.25) is 23.7 Å². The number of carbonyl (C=O) groups excluding carboxylic acids is 1. The third kappa shape index (κ3) is 6.71. The van der Waals surface area contributed by atoms with Crippen molar-refractivity contribution in [3.8, 4) is 22.5 Å². The number of rotatable bonds is 10. The van der Waals surface area contributed by atoms with Gasteiger partial charge < -0.3 is 4.90 Å². The van der Waals surface area contributed by atoms with Crippen molar-refractivity contribution < 1.29 is 9.32 Å². The topological polar surface area (TPSA) is 114 Å². The van der Waals surface area contributed by atoms with E-state index in [-0.39, 0.29) is 29.8 Å². The van der Waals surface area contributed by atoms with Crippen LogP contribution in [-0.2, 0) is 24.2 Å². The molecule has 9 heteroatoms. The quantitative estimate of drug-likeness (QED) is 0.256. The van der Waals surface area contributed by atoms with E-state index in [1.807, 2.05) is 67.3 Å². The van der Waals surface area contributed by atoms with Gasteiger partial charge in [-0.25, -0.2) is 9.78 Å². The van der Waals surface area contributed by atoms with Crippen molar-refractivity contribution in [3.63, 3.8) is 0 Å². The van der Waals surface area contributed by atoms with Crippen molar-refractivity contribution in [2.24, 2.45) is 0 Å². The molecule has 0 saturated carbocycles. The maximum atomic E-state index is 14.2. The molecule has 5 rings (SSSR count). The van der Waals surface area contributed by atoms with E-state index in [0.29, 0.717) is 24.4 Å². The normalized spacial score (nSPS) is 15.3. The third-order valence-electron chi connectivity index (χ3n) is 8.35. The zero-order chi connectivity index (χ0) is 30.5. The van der Waals surface area contributed by atoms with Crippen molar-refractivity contribution in [3.05, 3.63) is 92.1 Å². The van der Waals surface area contributed by atoms with E-state index in [4.69, 9.17) is 9.51 Å². The van der Waals surface area contributed by atoms with Gasteiger partial charge in [0.25, 0.3) is 5.56 Å². The first kappa shape index (κ1) is 30.2. The van der Waals surface area contributed by atoms with E-state index in [0.717, 1.165) is 72.4 Å². The SMILES string of the molecule is CCCCc1nc(C(C)C)c(CC(=O)N2CCCCC2C)c(=O)n1Cc1ccc(-c2ccccc2-c2noc(=O)[nH]2)cc1. The van der Waals surface area contributed by atoms with Crippen LogP contribution in [0.1, 0.15) is 88.4 Å². The number of nitrogens with zero attached hydrogens (tertiary/aromatic N) is 4. The maximum absolute atomic E-state index is 14.2. The van der Waals surface area contributed by atoms with Gasteiger partial charge in [0.05, 0.1) is 18.7 Å². The van der Waals surface area contributed by atoms with Gasteiger partial charge in [0.1, 0.15) is 5.82 Å². The highest BCUT2D eigenvalue weighted by Crippen LogP contribution is 2.30. The predicted octanol–water partition coefficient (Wildman–Crippen LogP) is 5.71. The number of benzene rings is 2. The molecular formula is C34H41N5O4. The maximum Gasteiger partial charge on any atom is 0.439 e. The number of amides is 1. The van der Waals surface area contributed by atoms with Crippen LogP contribution in [0.5, 0.6) is 0 Å². The standard InChI is InChI=1S/C34H41N5O4/c1-5-6-14-29-35-31(22(2)3)28(20-30(40)38-19-10-9-11-23(38)4)33(41)39(29)21-24-15-17-25(18-16-24)26-12-7-8-13-27(26)32-36-34(42)43-37-32/h7-8,12-13,15-18,22-23H,5-6,9-11,14,19-21H2,1-4H3,(H,36,37,42). The number of aryl methyl sites for hydroxylation is 1. The number of aromatic amines is 1. The average molecular weight is 584 g/mol. The first-order valence-electron chi connectivity index (χ1n) is 15.4. The number of aromatic nitrogens is 4. The molecule has 43 heavy (non-hydrogen) atoms. The molecule has 1 aliphatic heterocycles. The van der Waals surface area contributed by atoms with Crippen LogP contribution in [0.3, 0.4) is 0 Å². The summed E-state index contributed by atoms with van der Waals surface area (Å²) in [5, 5.41) is 3.86. The highest BCUT2D eigenvalue weighted by Gasteiger charge is 2.27. The van der Waals surface area contributed by atoms with Gasteiger partial charge >= 0.3 is 5.76 Å². The highest BCUT2D eigenvalue weighted by atomic mass is 16.5.